The Morgan fingerprint density at radius 2 is 1.83 bits per heavy atom. The number of rotatable bonds is 3. The highest BCUT2D eigenvalue weighted by atomic mass is 16.4. The van der Waals surface area contributed by atoms with Gasteiger partial charge in [-0.3, -0.25) is 4.79 Å². The number of likely N-dealkylation sites (N-methyl/N-ethyl adjacent to an activating group) is 1. The molecule has 0 aromatic carbocycles. The zero-order chi connectivity index (χ0) is 9.89. The molecule has 0 saturated heterocycles. The van der Waals surface area contributed by atoms with Crippen molar-refractivity contribution < 1.29 is 14.7 Å². The quantitative estimate of drug-likeness (QED) is 0.590. The number of carbonyl (C=O) groups excluding carboxylic acids is 1. The Morgan fingerprint density at radius 1 is 1.42 bits per heavy atom. The molecule has 1 amide bonds. The first-order chi connectivity index (χ1) is 5.37. The van der Waals surface area contributed by atoms with Gasteiger partial charge in [0.1, 0.15) is 6.04 Å². The van der Waals surface area contributed by atoms with E-state index in [4.69, 9.17) is 10.8 Å². The fraction of sp³-hybridized carbons (Fsp3) is 0.714. The van der Waals surface area contributed by atoms with Gasteiger partial charge in [0.15, 0.2) is 0 Å². The second-order valence-corrected chi connectivity index (χ2v) is 2.75. The maximum Gasteiger partial charge on any atom is 0.326 e. The highest BCUT2D eigenvalue weighted by Gasteiger charge is 2.23. The minimum Gasteiger partial charge on any atom is -0.480 e. The third kappa shape index (κ3) is 2.50. The van der Waals surface area contributed by atoms with Gasteiger partial charge in [-0.05, 0) is 13.8 Å². The predicted octanol–water partition coefficient (Wildman–Crippen LogP) is -0.735. The predicted molar refractivity (Wildman–Crippen MR) is 43.5 cm³/mol. The van der Waals surface area contributed by atoms with E-state index in [0.717, 1.165) is 4.90 Å². The van der Waals surface area contributed by atoms with Gasteiger partial charge >= 0.3 is 5.97 Å². The summed E-state index contributed by atoms with van der Waals surface area (Å²) in [6.07, 6.45) is 0. The van der Waals surface area contributed by atoms with E-state index < -0.39 is 18.1 Å². The molecule has 0 aromatic heterocycles. The average Bonchev–Trinajstić information content (AvgIpc) is 2.00. The van der Waals surface area contributed by atoms with Gasteiger partial charge in [0.2, 0.25) is 5.91 Å². The Morgan fingerprint density at radius 3 is 2.08 bits per heavy atom. The van der Waals surface area contributed by atoms with Crippen LogP contribution in [0.15, 0.2) is 0 Å². The van der Waals surface area contributed by atoms with E-state index in [1.165, 1.54) is 20.9 Å². The summed E-state index contributed by atoms with van der Waals surface area (Å²) in [5, 5.41) is 8.55. The molecule has 0 aliphatic carbocycles. The van der Waals surface area contributed by atoms with Crippen LogP contribution in [0.25, 0.3) is 0 Å². The Hall–Kier alpha value is -1.10. The van der Waals surface area contributed by atoms with Gasteiger partial charge < -0.3 is 15.7 Å². The van der Waals surface area contributed by atoms with E-state index >= 15 is 0 Å². The molecule has 0 heterocycles. The van der Waals surface area contributed by atoms with Crippen LogP contribution in [0.2, 0.25) is 0 Å². The van der Waals surface area contributed by atoms with Gasteiger partial charge in [-0.15, -0.1) is 0 Å². The fourth-order valence-corrected chi connectivity index (χ4v) is 0.678. The number of nitrogens with zero attached hydrogens (tertiary/aromatic N) is 1. The number of carbonyl (C=O) groups is 2. The molecule has 5 heteroatoms. The van der Waals surface area contributed by atoms with Crippen LogP contribution in [-0.4, -0.2) is 41.0 Å². The summed E-state index contributed by atoms with van der Waals surface area (Å²) in [6, 6.07) is -1.49. The Balaban J connectivity index is 4.29. The lowest BCUT2D eigenvalue weighted by molar-refractivity contribution is -0.148. The molecule has 0 rings (SSSR count). The first-order valence-electron chi connectivity index (χ1n) is 3.63. The fourth-order valence-electron chi connectivity index (χ4n) is 0.678. The molecular formula is C7H14N2O3. The van der Waals surface area contributed by atoms with Gasteiger partial charge in [-0.1, -0.05) is 0 Å². The van der Waals surface area contributed by atoms with Crippen molar-refractivity contribution in [3.05, 3.63) is 0 Å². The smallest absolute Gasteiger partial charge is 0.326 e. The standard InChI is InChI=1S/C7H14N2O3/c1-4(8)6(10)9(3)5(2)7(11)12/h4-5H,8H2,1-3H3,(H,11,12)/t4-,5?/m1/s1. The lowest BCUT2D eigenvalue weighted by Crippen LogP contribution is -2.47. The minimum absolute atomic E-state index is 0.370. The van der Waals surface area contributed by atoms with Crippen molar-refractivity contribution in [1.29, 1.82) is 0 Å². The van der Waals surface area contributed by atoms with Crippen molar-refractivity contribution in [3.8, 4) is 0 Å². The Labute approximate surface area is 71.1 Å². The van der Waals surface area contributed by atoms with Gasteiger partial charge in [0, 0.05) is 7.05 Å². The van der Waals surface area contributed by atoms with Crippen LogP contribution in [0.5, 0.6) is 0 Å². The number of carboxylic acids is 1. The molecule has 70 valence electrons. The highest BCUT2D eigenvalue weighted by molar-refractivity contribution is 5.86. The van der Waals surface area contributed by atoms with Crippen LogP contribution in [0.1, 0.15) is 13.8 Å². The van der Waals surface area contributed by atoms with E-state index in [2.05, 4.69) is 0 Å². The number of hydrogen-bond acceptors (Lipinski definition) is 3. The third-order valence-corrected chi connectivity index (χ3v) is 1.68. The molecule has 0 aliphatic heterocycles. The highest BCUT2D eigenvalue weighted by Crippen LogP contribution is 1.97. The van der Waals surface area contributed by atoms with Gasteiger partial charge in [0.25, 0.3) is 0 Å². The lowest BCUT2D eigenvalue weighted by atomic mass is 10.2. The topological polar surface area (TPSA) is 83.6 Å². The molecule has 0 saturated carbocycles. The number of nitrogens with two attached hydrogens (primary N) is 1. The monoisotopic (exact) mass is 174 g/mol. The molecule has 0 bridgehead atoms. The van der Waals surface area contributed by atoms with E-state index in [1.807, 2.05) is 0 Å². The van der Waals surface area contributed by atoms with Crippen LogP contribution in [0.3, 0.4) is 0 Å². The van der Waals surface area contributed by atoms with Crippen molar-refractivity contribution in [1.82, 2.24) is 4.90 Å². The summed E-state index contributed by atoms with van der Waals surface area (Å²) in [4.78, 5) is 22.7. The SMILES string of the molecule is CC(C(=O)O)N(C)C(=O)[C@@H](C)N. The molecule has 3 N–H and O–H groups in total. The van der Waals surface area contributed by atoms with Crippen LogP contribution >= 0.6 is 0 Å². The molecule has 0 aromatic rings. The van der Waals surface area contributed by atoms with Crippen LogP contribution in [-0.2, 0) is 9.59 Å². The van der Waals surface area contributed by atoms with Crippen LogP contribution < -0.4 is 5.73 Å². The Bertz CT molecular complexity index is 191. The molecule has 12 heavy (non-hydrogen) atoms. The van der Waals surface area contributed by atoms with Gasteiger partial charge in [-0.2, -0.15) is 0 Å². The van der Waals surface area contributed by atoms with Crippen molar-refractivity contribution in [2.24, 2.45) is 5.73 Å². The molecule has 0 spiro atoms. The van der Waals surface area contributed by atoms with Crippen molar-refractivity contribution in [2.75, 3.05) is 7.05 Å². The largest absolute Gasteiger partial charge is 0.480 e. The zero-order valence-corrected chi connectivity index (χ0v) is 7.44. The van der Waals surface area contributed by atoms with Gasteiger partial charge in [-0.25, -0.2) is 4.79 Å². The summed E-state index contributed by atoms with van der Waals surface area (Å²) >= 11 is 0. The second-order valence-electron chi connectivity index (χ2n) is 2.75. The molecule has 0 fully saturated rings. The summed E-state index contributed by atoms with van der Waals surface area (Å²) in [5.74, 6) is -1.41. The summed E-state index contributed by atoms with van der Waals surface area (Å²) < 4.78 is 0. The first kappa shape index (κ1) is 10.9. The number of carboxylic acid groups (broad SMARTS) is 1. The molecular weight excluding hydrogens is 160 g/mol. The zero-order valence-electron chi connectivity index (χ0n) is 7.44. The normalized spacial score (nSPS) is 15.0. The Kier molecular flexibility index (Phi) is 3.69. The summed E-state index contributed by atoms with van der Waals surface area (Å²) in [5.41, 5.74) is 5.29. The maximum absolute atomic E-state index is 11.1. The first-order valence-corrected chi connectivity index (χ1v) is 3.63. The van der Waals surface area contributed by atoms with Gasteiger partial charge in [0.05, 0.1) is 6.04 Å². The van der Waals surface area contributed by atoms with Crippen LogP contribution in [0, 0.1) is 0 Å². The molecule has 5 nitrogen and oxygen atoms in total. The molecule has 0 radical (unpaired) electrons. The van der Waals surface area contributed by atoms with E-state index in [-0.39, 0.29) is 5.91 Å². The van der Waals surface area contributed by atoms with Crippen molar-refractivity contribution in [3.63, 3.8) is 0 Å². The van der Waals surface area contributed by atoms with Crippen LogP contribution in [0.4, 0.5) is 0 Å². The third-order valence-electron chi connectivity index (χ3n) is 1.68. The lowest BCUT2D eigenvalue weighted by Gasteiger charge is -2.22. The molecule has 1 unspecified atom stereocenters. The number of amides is 1. The summed E-state index contributed by atoms with van der Waals surface area (Å²) in [7, 11) is 1.42. The van der Waals surface area contributed by atoms with E-state index in [0.29, 0.717) is 0 Å². The number of aliphatic carboxylic acids is 1. The molecule has 0 aliphatic rings. The average molecular weight is 174 g/mol. The van der Waals surface area contributed by atoms with Crippen molar-refractivity contribution in [2.45, 2.75) is 25.9 Å². The van der Waals surface area contributed by atoms with E-state index in [9.17, 15) is 9.59 Å². The van der Waals surface area contributed by atoms with Crippen molar-refractivity contribution >= 4 is 11.9 Å². The summed E-state index contributed by atoms with van der Waals surface area (Å²) in [6.45, 7) is 2.95. The van der Waals surface area contributed by atoms with E-state index in [1.54, 1.807) is 0 Å². The maximum atomic E-state index is 11.1. The molecule has 2 atom stereocenters. The second kappa shape index (κ2) is 4.06. The minimum atomic E-state index is -1.04. The number of hydrogen-bond donors (Lipinski definition) is 2.